The van der Waals surface area contributed by atoms with Crippen LogP contribution in [0.2, 0.25) is 0 Å². The Balaban J connectivity index is 1.65. The average molecular weight is 291 g/mol. The van der Waals surface area contributed by atoms with Crippen molar-refractivity contribution < 1.29 is 9.90 Å². The molecule has 0 unspecified atom stereocenters. The topological polar surface area (TPSA) is 55.8 Å². The Morgan fingerprint density at radius 1 is 1.05 bits per heavy atom. The zero-order chi connectivity index (χ0) is 14.9. The first-order valence-corrected chi connectivity index (χ1v) is 7.68. The molecule has 2 rings (SSSR count). The quantitative estimate of drug-likeness (QED) is 0.736. The number of amides is 1. The van der Waals surface area contributed by atoms with Gasteiger partial charge in [-0.1, -0.05) is 18.2 Å². The van der Waals surface area contributed by atoms with Crippen molar-refractivity contribution in [2.24, 2.45) is 0 Å². The van der Waals surface area contributed by atoms with E-state index in [4.69, 9.17) is 5.11 Å². The molecule has 1 aliphatic heterocycles. The molecular weight excluding hydrogens is 266 g/mol. The second kappa shape index (κ2) is 8.77. The molecular formula is C16H25N3O2. The van der Waals surface area contributed by atoms with Gasteiger partial charge in [0.1, 0.15) is 0 Å². The van der Waals surface area contributed by atoms with Crippen LogP contribution in [0.15, 0.2) is 30.3 Å². The molecule has 1 aromatic rings. The number of nitrogens with zero attached hydrogens (tertiary/aromatic N) is 2. The standard InChI is InChI=1S/C16H25N3O2/c20-13-5-4-8-18-9-11-19(12-10-18)14-16(21)17-15-6-2-1-3-7-15/h1-3,6-7,20H,4-5,8-14H2,(H,17,21). The highest BCUT2D eigenvalue weighted by Crippen LogP contribution is 2.07. The van der Waals surface area contributed by atoms with Gasteiger partial charge in [0.25, 0.3) is 0 Å². The summed E-state index contributed by atoms with van der Waals surface area (Å²) in [5.74, 6) is 0.0509. The minimum atomic E-state index is 0.0509. The molecule has 0 saturated carbocycles. The summed E-state index contributed by atoms with van der Waals surface area (Å²) in [5, 5.41) is 11.7. The Kier molecular flexibility index (Phi) is 6.66. The van der Waals surface area contributed by atoms with Gasteiger partial charge in [0.15, 0.2) is 0 Å². The number of carbonyl (C=O) groups excluding carboxylic acids is 1. The molecule has 21 heavy (non-hydrogen) atoms. The number of aliphatic hydroxyl groups excluding tert-OH is 1. The summed E-state index contributed by atoms with van der Waals surface area (Å²) in [5.41, 5.74) is 0.852. The molecule has 1 aromatic carbocycles. The molecule has 0 spiro atoms. The lowest BCUT2D eigenvalue weighted by Crippen LogP contribution is -2.48. The molecule has 0 atom stereocenters. The molecule has 0 radical (unpaired) electrons. The van der Waals surface area contributed by atoms with E-state index in [2.05, 4.69) is 15.1 Å². The van der Waals surface area contributed by atoms with Crippen LogP contribution >= 0.6 is 0 Å². The number of benzene rings is 1. The molecule has 0 bridgehead atoms. The van der Waals surface area contributed by atoms with E-state index in [1.165, 1.54) is 0 Å². The summed E-state index contributed by atoms with van der Waals surface area (Å²) >= 11 is 0. The summed E-state index contributed by atoms with van der Waals surface area (Å²) in [6.45, 7) is 5.65. The molecule has 0 aliphatic carbocycles. The van der Waals surface area contributed by atoms with E-state index in [-0.39, 0.29) is 12.5 Å². The monoisotopic (exact) mass is 291 g/mol. The number of hydrogen-bond donors (Lipinski definition) is 2. The van der Waals surface area contributed by atoms with Gasteiger partial charge in [-0.25, -0.2) is 0 Å². The predicted molar refractivity (Wildman–Crippen MR) is 84.3 cm³/mol. The molecule has 1 aliphatic rings. The van der Waals surface area contributed by atoms with Gasteiger partial charge in [0.05, 0.1) is 6.54 Å². The number of carbonyl (C=O) groups is 1. The molecule has 1 heterocycles. The van der Waals surface area contributed by atoms with E-state index in [1.807, 2.05) is 30.3 Å². The van der Waals surface area contributed by atoms with Crippen LogP contribution in [0.1, 0.15) is 12.8 Å². The third-order valence-corrected chi connectivity index (χ3v) is 3.77. The van der Waals surface area contributed by atoms with Crippen molar-refractivity contribution in [2.45, 2.75) is 12.8 Å². The van der Waals surface area contributed by atoms with Crippen LogP contribution in [0.25, 0.3) is 0 Å². The highest BCUT2D eigenvalue weighted by atomic mass is 16.2. The average Bonchev–Trinajstić information content (AvgIpc) is 2.50. The van der Waals surface area contributed by atoms with Crippen molar-refractivity contribution in [3.8, 4) is 0 Å². The van der Waals surface area contributed by atoms with Gasteiger partial charge in [-0.2, -0.15) is 0 Å². The molecule has 116 valence electrons. The predicted octanol–water partition coefficient (Wildman–Crippen LogP) is 1.02. The maximum atomic E-state index is 12.0. The molecule has 1 fully saturated rings. The largest absolute Gasteiger partial charge is 0.396 e. The van der Waals surface area contributed by atoms with Gasteiger partial charge < -0.3 is 15.3 Å². The summed E-state index contributed by atoms with van der Waals surface area (Å²) in [4.78, 5) is 16.6. The number of aliphatic hydroxyl groups is 1. The Bertz CT molecular complexity index is 417. The van der Waals surface area contributed by atoms with Gasteiger partial charge in [-0.05, 0) is 31.5 Å². The number of hydrogen-bond acceptors (Lipinski definition) is 4. The first kappa shape index (κ1) is 15.9. The second-order valence-corrected chi connectivity index (χ2v) is 5.46. The lowest BCUT2D eigenvalue weighted by atomic mass is 10.2. The zero-order valence-corrected chi connectivity index (χ0v) is 12.5. The van der Waals surface area contributed by atoms with Crippen LogP contribution in [-0.4, -0.2) is 66.7 Å². The maximum Gasteiger partial charge on any atom is 0.238 e. The van der Waals surface area contributed by atoms with E-state index in [0.29, 0.717) is 6.54 Å². The smallest absolute Gasteiger partial charge is 0.238 e. The highest BCUT2D eigenvalue weighted by molar-refractivity contribution is 5.92. The molecule has 1 amide bonds. The van der Waals surface area contributed by atoms with Gasteiger partial charge in [-0.15, -0.1) is 0 Å². The number of piperazine rings is 1. The second-order valence-electron chi connectivity index (χ2n) is 5.46. The molecule has 0 aromatic heterocycles. The first-order chi connectivity index (χ1) is 10.3. The van der Waals surface area contributed by atoms with Crippen molar-refractivity contribution in [1.82, 2.24) is 9.80 Å². The van der Waals surface area contributed by atoms with Crippen LogP contribution in [0.5, 0.6) is 0 Å². The van der Waals surface area contributed by atoms with Gasteiger partial charge in [0.2, 0.25) is 5.91 Å². The van der Waals surface area contributed by atoms with Crippen LogP contribution < -0.4 is 5.32 Å². The van der Waals surface area contributed by atoms with Gasteiger partial charge in [0, 0.05) is 38.5 Å². The Morgan fingerprint density at radius 3 is 2.38 bits per heavy atom. The van der Waals surface area contributed by atoms with Crippen molar-refractivity contribution in [1.29, 1.82) is 0 Å². The van der Waals surface area contributed by atoms with Crippen LogP contribution in [-0.2, 0) is 4.79 Å². The lowest BCUT2D eigenvalue weighted by molar-refractivity contribution is -0.117. The van der Waals surface area contributed by atoms with Gasteiger partial charge in [-0.3, -0.25) is 9.69 Å². The molecule has 1 saturated heterocycles. The third-order valence-electron chi connectivity index (χ3n) is 3.77. The molecule has 2 N–H and O–H groups in total. The number of para-hydroxylation sites is 1. The highest BCUT2D eigenvalue weighted by Gasteiger charge is 2.18. The van der Waals surface area contributed by atoms with E-state index in [1.54, 1.807) is 0 Å². The van der Waals surface area contributed by atoms with E-state index < -0.39 is 0 Å². The van der Waals surface area contributed by atoms with Crippen molar-refractivity contribution in [3.05, 3.63) is 30.3 Å². The van der Waals surface area contributed by atoms with Crippen LogP contribution in [0, 0.1) is 0 Å². The maximum absolute atomic E-state index is 12.0. The van der Waals surface area contributed by atoms with E-state index in [9.17, 15) is 4.79 Å². The summed E-state index contributed by atoms with van der Waals surface area (Å²) in [6.07, 6.45) is 1.92. The van der Waals surface area contributed by atoms with Crippen molar-refractivity contribution in [3.63, 3.8) is 0 Å². The fraction of sp³-hybridized carbons (Fsp3) is 0.562. The SMILES string of the molecule is O=C(CN1CCN(CCCCO)CC1)Nc1ccccc1. The number of rotatable bonds is 7. The number of anilines is 1. The Morgan fingerprint density at radius 2 is 1.71 bits per heavy atom. The van der Waals surface area contributed by atoms with Crippen molar-refractivity contribution in [2.75, 3.05) is 51.2 Å². The Labute approximate surface area is 126 Å². The molecule has 5 heteroatoms. The van der Waals surface area contributed by atoms with E-state index in [0.717, 1.165) is 51.3 Å². The fourth-order valence-corrected chi connectivity index (χ4v) is 2.54. The van der Waals surface area contributed by atoms with Gasteiger partial charge >= 0.3 is 0 Å². The molecule has 5 nitrogen and oxygen atoms in total. The Hall–Kier alpha value is -1.43. The fourth-order valence-electron chi connectivity index (χ4n) is 2.54. The zero-order valence-electron chi connectivity index (χ0n) is 12.5. The van der Waals surface area contributed by atoms with E-state index >= 15 is 0 Å². The minimum absolute atomic E-state index is 0.0509. The van der Waals surface area contributed by atoms with Crippen LogP contribution in [0.3, 0.4) is 0 Å². The summed E-state index contributed by atoms with van der Waals surface area (Å²) in [6, 6.07) is 9.57. The summed E-state index contributed by atoms with van der Waals surface area (Å²) < 4.78 is 0. The van der Waals surface area contributed by atoms with Crippen molar-refractivity contribution >= 4 is 11.6 Å². The third kappa shape index (κ3) is 5.83. The lowest BCUT2D eigenvalue weighted by Gasteiger charge is -2.34. The normalized spacial score (nSPS) is 16.8. The number of nitrogens with one attached hydrogen (secondary N) is 1. The summed E-state index contributed by atoms with van der Waals surface area (Å²) in [7, 11) is 0. The minimum Gasteiger partial charge on any atom is -0.396 e. The number of unbranched alkanes of at least 4 members (excludes halogenated alkanes) is 1. The van der Waals surface area contributed by atoms with Crippen LogP contribution in [0.4, 0.5) is 5.69 Å². The first-order valence-electron chi connectivity index (χ1n) is 7.68.